The molecule has 0 amide bonds. The maximum atomic E-state index is 9.27. The third kappa shape index (κ3) is 2.73. The maximum absolute atomic E-state index is 9.27. The number of nitrogen functional groups attached to an aromatic ring is 1. The van der Waals surface area contributed by atoms with Crippen LogP contribution in [0, 0.1) is 6.92 Å². The minimum atomic E-state index is 0.165. The Balaban J connectivity index is 2.32. The Morgan fingerprint density at radius 1 is 1.39 bits per heavy atom. The van der Waals surface area contributed by atoms with E-state index < -0.39 is 0 Å². The second kappa shape index (κ2) is 5.81. The molecule has 0 aromatic heterocycles. The van der Waals surface area contributed by atoms with Gasteiger partial charge in [-0.25, -0.2) is 0 Å². The van der Waals surface area contributed by atoms with E-state index in [1.165, 1.54) is 25.7 Å². The molecule has 3 N–H and O–H groups in total. The van der Waals surface area contributed by atoms with Crippen molar-refractivity contribution < 1.29 is 5.11 Å². The summed E-state index contributed by atoms with van der Waals surface area (Å²) < 4.78 is 0. The zero-order valence-corrected chi connectivity index (χ0v) is 11.6. The molecule has 100 valence electrons. The van der Waals surface area contributed by atoms with Crippen molar-refractivity contribution in [3.8, 4) is 0 Å². The molecule has 0 bridgehead atoms. The van der Waals surface area contributed by atoms with Crippen molar-refractivity contribution in [2.75, 3.05) is 23.8 Å². The fourth-order valence-corrected chi connectivity index (χ4v) is 2.98. The molecule has 0 heterocycles. The number of aliphatic hydroxyl groups excluding tert-OH is 1. The highest BCUT2D eigenvalue weighted by Gasteiger charge is 2.24. The number of benzene rings is 1. The number of halogens is 1. The van der Waals surface area contributed by atoms with Crippen LogP contribution in [0.1, 0.15) is 31.2 Å². The first-order chi connectivity index (χ1) is 8.63. The zero-order valence-electron chi connectivity index (χ0n) is 10.8. The second-order valence-corrected chi connectivity index (χ2v) is 5.42. The van der Waals surface area contributed by atoms with Gasteiger partial charge in [-0.05, 0) is 37.5 Å². The fraction of sp³-hybridized carbons (Fsp3) is 0.571. The van der Waals surface area contributed by atoms with Gasteiger partial charge in [0.15, 0.2) is 0 Å². The smallest absolute Gasteiger partial charge is 0.0656 e. The maximum Gasteiger partial charge on any atom is 0.0656 e. The van der Waals surface area contributed by atoms with Crippen LogP contribution in [0.15, 0.2) is 12.1 Å². The number of aryl methyl sites for hydroxylation is 1. The quantitative estimate of drug-likeness (QED) is 0.826. The topological polar surface area (TPSA) is 49.5 Å². The Morgan fingerprint density at radius 3 is 2.67 bits per heavy atom. The van der Waals surface area contributed by atoms with E-state index >= 15 is 0 Å². The Kier molecular flexibility index (Phi) is 4.36. The van der Waals surface area contributed by atoms with Gasteiger partial charge in [0.2, 0.25) is 0 Å². The number of hydrogen-bond acceptors (Lipinski definition) is 3. The molecule has 18 heavy (non-hydrogen) atoms. The van der Waals surface area contributed by atoms with Crippen LogP contribution in [0.5, 0.6) is 0 Å². The molecule has 0 radical (unpaired) electrons. The van der Waals surface area contributed by atoms with Crippen molar-refractivity contribution in [1.82, 2.24) is 0 Å². The molecular weight excluding hydrogens is 248 g/mol. The van der Waals surface area contributed by atoms with E-state index in [4.69, 9.17) is 17.3 Å². The summed E-state index contributed by atoms with van der Waals surface area (Å²) in [6, 6.07) is 4.37. The van der Waals surface area contributed by atoms with Gasteiger partial charge in [-0.15, -0.1) is 0 Å². The van der Waals surface area contributed by atoms with Crippen LogP contribution in [0.2, 0.25) is 5.02 Å². The molecule has 1 aromatic carbocycles. The Labute approximate surface area is 114 Å². The fourth-order valence-electron chi connectivity index (χ4n) is 2.83. The monoisotopic (exact) mass is 268 g/mol. The molecule has 1 saturated carbocycles. The van der Waals surface area contributed by atoms with Crippen LogP contribution in [0.3, 0.4) is 0 Å². The summed E-state index contributed by atoms with van der Waals surface area (Å²) in [4.78, 5) is 2.29. The van der Waals surface area contributed by atoms with Gasteiger partial charge in [0, 0.05) is 18.3 Å². The number of rotatable bonds is 4. The average Bonchev–Trinajstić information content (AvgIpc) is 2.85. The van der Waals surface area contributed by atoms with Gasteiger partial charge in [-0.1, -0.05) is 24.4 Å². The molecule has 0 aliphatic heterocycles. The van der Waals surface area contributed by atoms with E-state index in [-0.39, 0.29) is 6.61 Å². The molecule has 1 fully saturated rings. The summed E-state index contributed by atoms with van der Waals surface area (Å²) in [5, 5.41) is 9.87. The zero-order chi connectivity index (χ0) is 13.1. The summed E-state index contributed by atoms with van der Waals surface area (Å²) >= 11 is 6.12. The lowest BCUT2D eigenvalue weighted by molar-refractivity contribution is 0.297. The van der Waals surface area contributed by atoms with Gasteiger partial charge < -0.3 is 15.7 Å². The molecule has 1 aromatic rings. The predicted octanol–water partition coefficient (Wildman–Crippen LogP) is 2.97. The molecular formula is C14H21ClN2O. The van der Waals surface area contributed by atoms with E-state index in [1.54, 1.807) is 0 Å². The summed E-state index contributed by atoms with van der Waals surface area (Å²) in [6.45, 7) is 2.87. The molecule has 0 spiro atoms. The van der Waals surface area contributed by atoms with Crippen molar-refractivity contribution in [2.45, 2.75) is 38.6 Å². The first-order valence-electron chi connectivity index (χ1n) is 6.56. The lowest BCUT2D eigenvalue weighted by Gasteiger charge is -2.32. The standard InChI is InChI=1S/C14H21ClN2O/c1-10-8-13(16)12(15)9-14(10)17(6-7-18)11-4-2-3-5-11/h8-9,11,18H,2-7,16H2,1H3. The van der Waals surface area contributed by atoms with Crippen molar-refractivity contribution in [2.24, 2.45) is 0 Å². The van der Waals surface area contributed by atoms with E-state index in [1.807, 2.05) is 19.1 Å². The number of nitrogens with two attached hydrogens (primary N) is 1. The third-order valence-corrected chi connectivity index (χ3v) is 4.06. The summed E-state index contributed by atoms with van der Waals surface area (Å²) in [7, 11) is 0. The van der Waals surface area contributed by atoms with E-state index in [0.29, 0.717) is 23.3 Å². The molecule has 0 saturated heterocycles. The molecule has 0 unspecified atom stereocenters. The molecule has 4 heteroatoms. The van der Waals surface area contributed by atoms with Gasteiger partial charge in [0.05, 0.1) is 17.3 Å². The first kappa shape index (κ1) is 13.5. The van der Waals surface area contributed by atoms with Gasteiger partial charge in [-0.3, -0.25) is 0 Å². The normalized spacial score (nSPS) is 16.2. The Bertz CT molecular complexity index is 417. The van der Waals surface area contributed by atoms with Crippen LogP contribution >= 0.6 is 11.6 Å². The van der Waals surface area contributed by atoms with Crippen molar-refractivity contribution in [3.63, 3.8) is 0 Å². The summed E-state index contributed by atoms with van der Waals surface area (Å²) in [5.74, 6) is 0. The lowest BCUT2D eigenvalue weighted by atomic mass is 10.1. The number of hydrogen-bond donors (Lipinski definition) is 2. The number of nitrogens with zero attached hydrogens (tertiary/aromatic N) is 1. The van der Waals surface area contributed by atoms with Gasteiger partial charge in [-0.2, -0.15) is 0 Å². The van der Waals surface area contributed by atoms with Crippen LogP contribution < -0.4 is 10.6 Å². The van der Waals surface area contributed by atoms with Gasteiger partial charge >= 0.3 is 0 Å². The highest BCUT2D eigenvalue weighted by molar-refractivity contribution is 6.33. The SMILES string of the molecule is Cc1cc(N)c(Cl)cc1N(CCO)C1CCCC1. The third-order valence-electron chi connectivity index (χ3n) is 3.73. The molecule has 2 rings (SSSR count). The number of anilines is 2. The van der Waals surface area contributed by atoms with Gasteiger partial charge in [0.25, 0.3) is 0 Å². The van der Waals surface area contributed by atoms with E-state index in [9.17, 15) is 5.11 Å². The highest BCUT2D eigenvalue weighted by Crippen LogP contribution is 2.34. The minimum Gasteiger partial charge on any atom is -0.398 e. The lowest BCUT2D eigenvalue weighted by Crippen LogP contribution is -2.36. The second-order valence-electron chi connectivity index (χ2n) is 5.02. The molecule has 1 aliphatic carbocycles. The summed E-state index contributed by atoms with van der Waals surface area (Å²) in [6.07, 6.45) is 4.94. The molecule has 1 aliphatic rings. The Morgan fingerprint density at radius 2 is 2.06 bits per heavy atom. The molecule has 0 atom stereocenters. The average molecular weight is 269 g/mol. The number of aliphatic hydroxyl groups is 1. The van der Waals surface area contributed by atoms with E-state index in [0.717, 1.165) is 11.3 Å². The van der Waals surface area contributed by atoms with Crippen molar-refractivity contribution in [1.29, 1.82) is 0 Å². The Hall–Kier alpha value is -0.930. The van der Waals surface area contributed by atoms with Crippen molar-refractivity contribution >= 4 is 23.0 Å². The van der Waals surface area contributed by atoms with Crippen LogP contribution in [0.25, 0.3) is 0 Å². The predicted molar refractivity (Wildman–Crippen MR) is 77.3 cm³/mol. The van der Waals surface area contributed by atoms with Crippen LogP contribution in [0.4, 0.5) is 11.4 Å². The minimum absolute atomic E-state index is 0.165. The van der Waals surface area contributed by atoms with Crippen molar-refractivity contribution in [3.05, 3.63) is 22.7 Å². The van der Waals surface area contributed by atoms with Crippen LogP contribution in [-0.2, 0) is 0 Å². The van der Waals surface area contributed by atoms with E-state index in [2.05, 4.69) is 4.90 Å². The largest absolute Gasteiger partial charge is 0.398 e. The van der Waals surface area contributed by atoms with Gasteiger partial charge in [0.1, 0.15) is 0 Å². The van der Waals surface area contributed by atoms with Crippen LogP contribution in [-0.4, -0.2) is 24.3 Å². The molecule has 3 nitrogen and oxygen atoms in total. The first-order valence-corrected chi connectivity index (χ1v) is 6.94. The summed E-state index contributed by atoms with van der Waals surface area (Å²) in [5.41, 5.74) is 8.67. The highest BCUT2D eigenvalue weighted by atomic mass is 35.5.